The summed E-state index contributed by atoms with van der Waals surface area (Å²) in [5, 5.41) is 13.2. The number of nitrogens with zero attached hydrogens (tertiary/aromatic N) is 3. The second-order valence-corrected chi connectivity index (χ2v) is 6.88. The number of methoxy groups -OCH3 is 1. The number of β-amino-alcohol motifs (C(OH)–C–C–N with tert-alkyl or cyclic N) is 1. The quantitative estimate of drug-likeness (QED) is 0.738. The molecule has 0 aliphatic carbocycles. The first kappa shape index (κ1) is 18.7. The second kappa shape index (κ2) is 8.55. The maximum Gasteiger partial charge on any atom is 0.317 e. The molecular weight excluding hydrogens is 336 g/mol. The van der Waals surface area contributed by atoms with E-state index in [4.69, 9.17) is 9.47 Å². The molecule has 0 spiro atoms. The van der Waals surface area contributed by atoms with Gasteiger partial charge < -0.3 is 29.7 Å². The van der Waals surface area contributed by atoms with Crippen LogP contribution in [-0.2, 0) is 0 Å². The Bertz CT molecular complexity index is 619. The van der Waals surface area contributed by atoms with E-state index in [9.17, 15) is 9.90 Å². The molecule has 0 aromatic carbocycles. The third-order valence-corrected chi connectivity index (χ3v) is 4.95. The van der Waals surface area contributed by atoms with Gasteiger partial charge in [0.2, 0.25) is 0 Å². The van der Waals surface area contributed by atoms with Crippen molar-refractivity contribution in [1.29, 1.82) is 0 Å². The van der Waals surface area contributed by atoms with Crippen LogP contribution in [0.2, 0.25) is 0 Å². The van der Waals surface area contributed by atoms with Crippen molar-refractivity contribution in [3.05, 3.63) is 17.8 Å². The number of pyridine rings is 1. The molecule has 8 heteroatoms. The normalized spacial score (nSPS) is 20.1. The lowest BCUT2D eigenvalue weighted by atomic mass is 10.0. The van der Waals surface area contributed by atoms with Crippen LogP contribution in [0.15, 0.2) is 12.1 Å². The predicted molar refractivity (Wildman–Crippen MR) is 96.6 cm³/mol. The molecule has 2 fully saturated rings. The van der Waals surface area contributed by atoms with Crippen LogP contribution in [-0.4, -0.2) is 84.5 Å². The van der Waals surface area contributed by atoms with E-state index >= 15 is 0 Å². The van der Waals surface area contributed by atoms with E-state index in [1.807, 2.05) is 17.9 Å². The minimum Gasteiger partial charge on any atom is -0.485 e. The van der Waals surface area contributed by atoms with Crippen LogP contribution < -0.4 is 14.8 Å². The van der Waals surface area contributed by atoms with E-state index in [1.54, 1.807) is 13.2 Å². The Morgan fingerprint density at radius 1 is 1.35 bits per heavy atom. The number of amides is 2. The molecule has 3 heterocycles. The minimum absolute atomic E-state index is 0.0533. The molecule has 3 rings (SSSR count). The standard InChI is InChI=1S/C18H28N4O4/c1-13-3-4-16(17(20-13)25-2)26-12-15(23)11-21-8-5-14(6-9-21)22-10-7-19-18(22)24/h3-4,14-15,23H,5-12H2,1-2H3,(H,19,24). The van der Waals surface area contributed by atoms with Crippen LogP contribution in [0.1, 0.15) is 18.5 Å². The molecule has 144 valence electrons. The van der Waals surface area contributed by atoms with E-state index in [1.165, 1.54) is 0 Å². The Balaban J connectivity index is 1.42. The van der Waals surface area contributed by atoms with Gasteiger partial charge in [-0.05, 0) is 31.9 Å². The molecule has 1 aromatic heterocycles. The smallest absolute Gasteiger partial charge is 0.317 e. The lowest BCUT2D eigenvalue weighted by Crippen LogP contribution is -2.48. The number of aromatic nitrogens is 1. The van der Waals surface area contributed by atoms with Gasteiger partial charge in [-0.2, -0.15) is 0 Å². The molecule has 8 nitrogen and oxygen atoms in total. The summed E-state index contributed by atoms with van der Waals surface area (Å²) in [6, 6.07) is 4.02. The highest BCUT2D eigenvalue weighted by atomic mass is 16.5. The molecule has 0 saturated carbocycles. The summed E-state index contributed by atoms with van der Waals surface area (Å²) in [5.74, 6) is 0.970. The van der Waals surface area contributed by atoms with Crippen LogP contribution in [0.4, 0.5) is 4.79 Å². The highest BCUT2D eigenvalue weighted by Crippen LogP contribution is 2.24. The number of aliphatic hydroxyl groups excluding tert-OH is 1. The molecule has 0 bridgehead atoms. The van der Waals surface area contributed by atoms with Crippen LogP contribution in [0, 0.1) is 6.92 Å². The maximum absolute atomic E-state index is 11.8. The molecule has 1 atom stereocenters. The van der Waals surface area contributed by atoms with Crippen molar-refractivity contribution >= 4 is 6.03 Å². The van der Waals surface area contributed by atoms with E-state index in [0.717, 1.165) is 44.7 Å². The zero-order valence-electron chi connectivity index (χ0n) is 15.5. The summed E-state index contributed by atoms with van der Waals surface area (Å²) >= 11 is 0. The first-order valence-corrected chi connectivity index (χ1v) is 9.16. The van der Waals surface area contributed by atoms with Gasteiger partial charge in [0, 0.05) is 44.5 Å². The zero-order valence-corrected chi connectivity index (χ0v) is 15.5. The number of nitrogens with one attached hydrogen (secondary N) is 1. The molecule has 26 heavy (non-hydrogen) atoms. The summed E-state index contributed by atoms with van der Waals surface area (Å²) in [5.41, 5.74) is 0.851. The lowest BCUT2D eigenvalue weighted by Gasteiger charge is -2.36. The van der Waals surface area contributed by atoms with Crippen LogP contribution in [0.5, 0.6) is 11.6 Å². The van der Waals surface area contributed by atoms with E-state index in [0.29, 0.717) is 24.2 Å². The van der Waals surface area contributed by atoms with Crippen LogP contribution >= 0.6 is 0 Å². The number of carbonyl (C=O) groups excluding carboxylic acids is 1. The van der Waals surface area contributed by atoms with Crippen LogP contribution in [0.3, 0.4) is 0 Å². The van der Waals surface area contributed by atoms with Crippen molar-refractivity contribution in [3.63, 3.8) is 0 Å². The number of hydrogen-bond donors (Lipinski definition) is 2. The number of likely N-dealkylation sites (tertiary alicyclic amines) is 1. The SMILES string of the molecule is COc1nc(C)ccc1OCC(O)CN1CCC(N2CCNC2=O)CC1. The molecule has 2 N–H and O–H groups in total. The fourth-order valence-corrected chi connectivity index (χ4v) is 3.56. The highest BCUT2D eigenvalue weighted by molar-refractivity contribution is 5.76. The average molecular weight is 364 g/mol. The number of aryl methyl sites for hydroxylation is 1. The number of urea groups is 1. The number of carbonyl (C=O) groups is 1. The van der Waals surface area contributed by atoms with Crippen LogP contribution in [0.25, 0.3) is 0 Å². The molecule has 2 aliphatic heterocycles. The van der Waals surface area contributed by atoms with Gasteiger partial charge >= 0.3 is 6.03 Å². The fourth-order valence-electron chi connectivity index (χ4n) is 3.56. The lowest BCUT2D eigenvalue weighted by molar-refractivity contribution is 0.0500. The number of ether oxygens (including phenoxy) is 2. The first-order chi connectivity index (χ1) is 12.6. The average Bonchev–Trinajstić information content (AvgIpc) is 3.07. The number of piperidine rings is 1. The van der Waals surface area contributed by atoms with Crippen molar-refractivity contribution in [1.82, 2.24) is 20.1 Å². The molecule has 2 amide bonds. The van der Waals surface area contributed by atoms with Gasteiger partial charge in [-0.1, -0.05) is 0 Å². The van der Waals surface area contributed by atoms with Gasteiger partial charge in [0.05, 0.1) is 7.11 Å². The van der Waals surface area contributed by atoms with Gasteiger partial charge in [0.15, 0.2) is 5.75 Å². The van der Waals surface area contributed by atoms with Gasteiger partial charge in [-0.25, -0.2) is 9.78 Å². The molecule has 0 radical (unpaired) electrons. The van der Waals surface area contributed by atoms with Crippen molar-refractivity contribution < 1.29 is 19.4 Å². The number of rotatable bonds is 7. The van der Waals surface area contributed by atoms with Gasteiger partial charge in [-0.15, -0.1) is 0 Å². The Morgan fingerprint density at radius 3 is 2.77 bits per heavy atom. The Labute approximate surface area is 154 Å². The topological polar surface area (TPSA) is 87.2 Å². The third-order valence-electron chi connectivity index (χ3n) is 4.95. The molecular formula is C18H28N4O4. The Morgan fingerprint density at radius 2 is 2.12 bits per heavy atom. The van der Waals surface area contributed by atoms with E-state index < -0.39 is 6.10 Å². The zero-order chi connectivity index (χ0) is 18.5. The van der Waals surface area contributed by atoms with Crippen molar-refractivity contribution in [2.75, 3.05) is 46.4 Å². The summed E-state index contributed by atoms with van der Waals surface area (Å²) in [7, 11) is 1.55. The molecule has 1 aromatic rings. The predicted octanol–water partition coefficient (Wildman–Crippen LogP) is 0.628. The summed E-state index contributed by atoms with van der Waals surface area (Å²) in [4.78, 5) is 20.2. The summed E-state index contributed by atoms with van der Waals surface area (Å²) in [6.07, 6.45) is 1.29. The number of hydrogen-bond acceptors (Lipinski definition) is 6. The Kier molecular flexibility index (Phi) is 6.16. The molecule has 2 saturated heterocycles. The van der Waals surface area contributed by atoms with Crippen molar-refractivity contribution in [2.24, 2.45) is 0 Å². The Hall–Kier alpha value is -2.06. The van der Waals surface area contributed by atoms with Gasteiger partial charge in [-0.3, -0.25) is 0 Å². The van der Waals surface area contributed by atoms with E-state index in [2.05, 4.69) is 15.2 Å². The summed E-state index contributed by atoms with van der Waals surface area (Å²) < 4.78 is 10.9. The third kappa shape index (κ3) is 4.56. The second-order valence-electron chi connectivity index (χ2n) is 6.88. The fraction of sp³-hybridized carbons (Fsp3) is 0.667. The minimum atomic E-state index is -0.590. The largest absolute Gasteiger partial charge is 0.485 e. The van der Waals surface area contributed by atoms with Gasteiger partial charge in [0.1, 0.15) is 12.7 Å². The summed E-state index contributed by atoms with van der Waals surface area (Å²) in [6.45, 7) is 5.92. The van der Waals surface area contributed by atoms with E-state index in [-0.39, 0.29) is 12.6 Å². The van der Waals surface area contributed by atoms with Crippen molar-refractivity contribution in [3.8, 4) is 11.6 Å². The van der Waals surface area contributed by atoms with Crippen molar-refractivity contribution in [2.45, 2.75) is 31.9 Å². The number of aliphatic hydroxyl groups is 1. The first-order valence-electron chi connectivity index (χ1n) is 9.16. The van der Waals surface area contributed by atoms with Gasteiger partial charge in [0.25, 0.3) is 5.88 Å². The molecule has 2 aliphatic rings. The molecule has 1 unspecified atom stereocenters. The highest BCUT2D eigenvalue weighted by Gasteiger charge is 2.31. The monoisotopic (exact) mass is 364 g/mol. The maximum atomic E-state index is 11.8.